The van der Waals surface area contributed by atoms with Crippen molar-refractivity contribution in [2.45, 2.75) is 13.0 Å². The summed E-state index contributed by atoms with van der Waals surface area (Å²) in [6.45, 7) is 2.65. The Morgan fingerprint density at radius 2 is 2.00 bits per heavy atom. The van der Waals surface area contributed by atoms with Crippen molar-refractivity contribution in [1.29, 1.82) is 0 Å². The van der Waals surface area contributed by atoms with E-state index in [2.05, 4.69) is 4.84 Å². The minimum atomic E-state index is -0.685. The van der Waals surface area contributed by atoms with Gasteiger partial charge in [0.05, 0.1) is 13.2 Å². The number of aliphatic hydroxyl groups is 1. The van der Waals surface area contributed by atoms with Crippen molar-refractivity contribution in [3.63, 3.8) is 0 Å². The lowest BCUT2D eigenvalue weighted by Crippen LogP contribution is -2.10. The lowest BCUT2D eigenvalue weighted by atomic mass is 10.1. The van der Waals surface area contributed by atoms with E-state index in [1.54, 1.807) is 24.3 Å². The van der Waals surface area contributed by atoms with Crippen LogP contribution in [0.25, 0.3) is 0 Å². The number of hydrogen-bond acceptors (Lipinski definition) is 4. The Balaban J connectivity index is 2.62. The molecule has 0 heterocycles. The first-order valence-corrected chi connectivity index (χ1v) is 4.50. The molecule has 3 N–H and O–H groups in total. The maximum Gasteiger partial charge on any atom is 0.119 e. The summed E-state index contributed by atoms with van der Waals surface area (Å²) in [5.74, 6) is 5.65. The van der Waals surface area contributed by atoms with Crippen LogP contribution in [0.1, 0.15) is 18.6 Å². The van der Waals surface area contributed by atoms with Gasteiger partial charge in [0, 0.05) is 0 Å². The molecule has 0 aliphatic heterocycles. The molecule has 14 heavy (non-hydrogen) atoms. The Morgan fingerprint density at radius 1 is 1.36 bits per heavy atom. The van der Waals surface area contributed by atoms with Crippen LogP contribution >= 0.6 is 0 Å². The Bertz CT molecular complexity index is 261. The maximum absolute atomic E-state index is 9.50. The van der Waals surface area contributed by atoms with Crippen LogP contribution < -0.4 is 10.6 Å². The Labute approximate surface area is 83.2 Å². The van der Waals surface area contributed by atoms with Crippen molar-refractivity contribution in [2.75, 3.05) is 13.2 Å². The summed E-state index contributed by atoms with van der Waals surface area (Å²) in [6.07, 6.45) is -0.685. The summed E-state index contributed by atoms with van der Waals surface area (Å²) in [5, 5.41) is 9.50. The molecule has 1 atom stereocenters. The predicted octanol–water partition coefficient (Wildman–Crippen LogP) is 1.01. The third-order valence-electron chi connectivity index (χ3n) is 1.83. The highest BCUT2D eigenvalue weighted by molar-refractivity contribution is 5.28. The highest BCUT2D eigenvalue weighted by Crippen LogP contribution is 2.17. The number of aliphatic hydroxyl groups excluding tert-OH is 1. The monoisotopic (exact) mass is 197 g/mol. The molecule has 1 rings (SSSR count). The number of ether oxygens (including phenoxy) is 1. The van der Waals surface area contributed by atoms with Gasteiger partial charge in [0.15, 0.2) is 0 Å². The molecule has 0 bridgehead atoms. The van der Waals surface area contributed by atoms with Crippen LogP contribution in [0.2, 0.25) is 0 Å². The lowest BCUT2D eigenvalue weighted by molar-refractivity contribution is 0.0359. The minimum absolute atomic E-state index is 0.0913. The van der Waals surface area contributed by atoms with Gasteiger partial charge in [0.1, 0.15) is 11.9 Å². The first kappa shape index (κ1) is 11.0. The molecule has 4 nitrogen and oxygen atoms in total. The van der Waals surface area contributed by atoms with Crippen molar-refractivity contribution < 1.29 is 14.7 Å². The van der Waals surface area contributed by atoms with Crippen LogP contribution in [0.4, 0.5) is 0 Å². The van der Waals surface area contributed by atoms with Gasteiger partial charge in [0.25, 0.3) is 0 Å². The van der Waals surface area contributed by atoms with Crippen LogP contribution in [0.5, 0.6) is 5.75 Å². The van der Waals surface area contributed by atoms with E-state index in [-0.39, 0.29) is 6.61 Å². The van der Waals surface area contributed by atoms with E-state index < -0.39 is 6.10 Å². The van der Waals surface area contributed by atoms with Gasteiger partial charge in [-0.15, -0.1) is 0 Å². The molecule has 0 amide bonds. The third kappa shape index (κ3) is 2.99. The lowest BCUT2D eigenvalue weighted by Gasteiger charge is -2.10. The van der Waals surface area contributed by atoms with Gasteiger partial charge < -0.3 is 14.7 Å². The average Bonchev–Trinajstić information content (AvgIpc) is 2.20. The predicted molar refractivity (Wildman–Crippen MR) is 52.7 cm³/mol. The topological polar surface area (TPSA) is 64.7 Å². The number of nitrogens with two attached hydrogens (primary N) is 1. The molecule has 0 aliphatic carbocycles. The molecule has 0 spiro atoms. The van der Waals surface area contributed by atoms with E-state index in [4.69, 9.17) is 10.6 Å². The highest BCUT2D eigenvalue weighted by Gasteiger charge is 2.06. The molecule has 0 fully saturated rings. The van der Waals surface area contributed by atoms with Crippen LogP contribution in [0.15, 0.2) is 24.3 Å². The van der Waals surface area contributed by atoms with E-state index in [1.165, 1.54) is 0 Å². The van der Waals surface area contributed by atoms with Crippen molar-refractivity contribution in [1.82, 2.24) is 0 Å². The number of benzene rings is 1. The smallest absolute Gasteiger partial charge is 0.119 e. The zero-order valence-electron chi connectivity index (χ0n) is 8.14. The molecule has 1 unspecified atom stereocenters. The molecule has 0 radical (unpaired) electrons. The Kier molecular flexibility index (Phi) is 4.39. The molecule has 0 aliphatic rings. The largest absolute Gasteiger partial charge is 0.494 e. The second-order valence-electron chi connectivity index (χ2n) is 2.85. The molecular formula is C10H15NO3. The number of rotatable bonds is 5. The summed E-state index contributed by atoms with van der Waals surface area (Å²) in [6, 6.07) is 7.18. The molecule has 1 aromatic carbocycles. The molecule has 0 aromatic heterocycles. The van der Waals surface area contributed by atoms with Crippen molar-refractivity contribution in [3.8, 4) is 5.75 Å². The maximum atomic E-state index is 9.50. The molecule has 78 valence electrons. The summed E-state index contributed by atoms with van der Waals surface area (Å²) >= 11 is 0. The normalized spacial score (nSPS) is 12.5. The SMILES string of the molecule is CCOc1ccc(C(O)CON)cc1. The van der Waals surface area contributed by atoms with Gasteiger partial charge in [-0.3, -0.25) is 0 Å². The molecular weight excluding hydrogens is 182 g/mol. The standard InChI is InChI=1S/C10H15NO3/c1-2-13-9-5-3-8(4-6-9)10(12)7-14-11/h3-6,10,12H,2,7,11H2,1H3. The van der Waals surface area contributed by atoms with Gasteiger partial charge in [-0.1, -0.05) is 12.1 Å². The Morgan fingerprint density at radius 3 is 2.50 bits per heavy atom. The summed E-state index contributed by atoms with van der Waals surface area (Å²) in [5.41, 5.74) is 0.763. The van der Waals surface area contributed by atoms with Crippen molar-refractivity contribution in [3.05, 3.63) is 29.8 Å². The van der Waals surface area contributed by atoms with Gasteiger partial charge in [-0.05, 0) is 24.6 Å². The minimum Gasteiger partial charge on any atom is -0.494 e. The van der Waals surface area contributed by atoms with Crippen LogP contribution in [-0.4, -0.2) is 18.3 Å². The quantitative estimate of drug-likeness (QED) is 0.691. The zero-order valence-corrected chi connectivity index (χ0v) is 8.14. The zero-order chi connectivity index (χ0) is 10.4. The summed E-state index contributed by atoms with van der Waals surface area (Å²) in [4.78, 5) is 4.35. The Hall–Kier alpha value is -1.10. The summed E-state index contributed by atoms with van der Waals surface area (Å²) in [7, 11) is 0. The fourth-order valence-electron chi connectivity index (χ4n) is 1.14. The van der Waals surface area contributed by atoms with E-state index in [9.17, 15) is 5.11 Å². The van der Waals surface area contributed by atoms with Crippen LogP contribution in [0.3, 0.4) is 0 Å². The van der Waals surface area contributed by atoms with E-state index in [1.807, 2.05) is 6.92 Å². The second-order valence-corrected chi connectivity index (χ2v) is 2.85. The van der Waals surface area contributed by atoms with Crippen LogP contribution in [0, 0.1) is 0 Å². The highest BCUT2D eigenvalue weighted by atomic mass is 16.6. The van der Waals surface area contributed by atoms with Gasteiger partial charge >= 0.3 is 0 Å². The molecule has 0 saturated carbocycles. The molecule has 0 saturated heterocycles. The molecule has 1 aromatic rings. The number of hydrogen-bond donors (Lipinski definition) is 2. The van der Waals surface area contributed by atoms with Crippen molar-refractivity contribution >= 4 is 0 Å². The van der Waals surface area contributed by atoms with Gasteiger partial charge in [0.2, 0.25) is 0 Å². The van der Waals surface area contributed by atoms with Gasteiger partial charge in [-0.25, -0.2) is 5.90 Å². The molecule has 4 heteroatoms. The first-order chi connectivity index (χ1) is 6.77. The van der Waals surface area contributed by atoms with E-state index in [0.29, 0.717) is 6.61 Å². The van der Waals surface area contributed by atoms with Crippen molar-refractivity contribution in [2.24, 2.45) is 5.90 Å². The van der Waals surface area contributed by atoms with Gasteiger partial charge in [-0.2, -0.15) is 0 Å². The van der Waals surface area contributed by atoms with E-state index in [0.717, 1.165) is 11.3 Å². The second kappa shape index (κ2) is 5.59. The van der Waals surface area contributed by atoms with E-state index >= 15 is 0 Å². The average molecular weight is 197 g/mol. The fourth-order valence-corrected chi connectivity index (χ4v) is 1.14. The summed E-state index contributed by atoms with van der Waals surface area (Å²) < 4.78 is 5.26. The first-order valence-electron chi connectivity index (χ1n) is 4.50. The third-order valence-corrected chi connectivity index (χ3v) is 1.83. The van der Waals surface area contributed by atoms with Crippen LogP contribution in [-0.2, 0) is 4.84 Å². The fraction of sp³-hybridized carbons (Fsp3) is 0.400.